The van der Waals surface area contributed by atoms with Gasteiger partial charge in [0.05, 0.1) is 31.1 Å². The maximum Gasteiger partial charge on any atom is 0.251 e. The van der Waals surface area contributed by atoms with Gasteiger partial charge in [-0.05, 0) is 24.6 Å². The lowest BCUT2D eigenvalue weighted by atomic mass is 9.92. The van der Waals surface area contributed by atoms with Crippen LogP contribution in [0, 0.1) is 11.8 Å². The quantitative estimate of drug-likeness (QED) is 0.694. The van der Waals surface area contributed by atoms with Gasteiger partial charge in [-0.1, -0.05) is 13.8 Å². The number of nitrogens with one attached hydrogen (secondary N) is 3. The van der Waals surface area contributed by atoms with E-state index in [-0.39, 0.29) is 11.8 Å². The third-order valence-electron chi connectivity index (χ3n) is 4.95. The van der Waals surface area contributed by atoms with Gasteiger partial charge in [0.1, 0.15) is 0 Å². The second kappa shape index (κ2) is 8.23. The molecule has 3 N–H and O–H groups in total. The van der Waals surface area contributed by atoms with Crippen LogP contribution in [0.4, 0.5) is 5.69 Å². The topological polar surface area (TPSA) is 62.6 Å². The Bertz CT molecular complexity index is 640. The van der Waals surface area contributed by atoms with E-state index < -0.39 is 0 Å². The molecule has 1 saturated heterocycles. The number of anilines is 1. The van der Waals surface area contributed by atoms with Gasteiger partial charge in [-0.25, -0.2) is 0 Å². The predicted molar refractivity (Wildman–Crippen MR) is 101 cm³/mol. The number of likely N-dealkylation sites (tertiary alicyclic amines) is 1. The van der Waals surface area contributed by atoms with Crippen molar-refractivity contribution in [3.8, 4) is 0 Å². The second-order valence-electron chi connectivity index (χ2n) is 7.51. The number of carbonyl (C=O) groups excluding carboxylic acids is 2. The Hall–Kier alpha value is -1.53. The van der Waals surface area contributed by atoms with Crippen LogP contribution in [0.25, 0.3) is 0 Å². The molecule has 2 amide bonds. The summed E-state index contributed by atoms with van der Waals surface area (Å²) in [6.45, 7) is 8.99. The molecule has 2 aliphatic rings. The maximum absolute atomic E-state index is 12.3. The van der Waals surface area contributed by atoms with E-state index in [1.807, 2.05) is 12.1 Å². The van der Waals surface area contributed by atoms with E-state index in [2.05, 4.69) is 24.5 Å². The molecule has 2 heterocycles. The smallest absolute Gasteiger partial charge is 0.251 e. The highest BCUT2D eigenvalue weighted by molar-refractivity contribution is 8.00. The average Bonchev–Trinajstić information content (AvgIpc) is 2.57. The molecular formula is C19H28N3O2S+. The predicted octanol–water partition coefficient (Wildman–Crippen LogP) is 1.41. The van der Waals surface area contributed by atoms with Gasteiger partial charge in [0.15, 0.2) is 0 Å². The number of quaternary nitrogens is 1. The van der Waals surface area contributed by atoms with E-state index in [1.54, 1.807) is 11.0 Å². The standard InChI is InChI=1S/C19H27N3O2S/c1-13-8-14(2)11-22(10-13)7-3-6-20-19(24)15-4-5-17-16(9-15)21-18(23)12-25-17/h4-5,9,13-14H,3,6-8,10-12H2,1-2H3,(H,20,24)(H,21,23)/p+1. The second-order valence-corrected chi connectivity index (χ2v) is 8.53. The Morgan fingerprint density at radius 2 is 2.08 bits per heavy atom. The summed E-state index contributed by atoms with van der Waals surface area (Å²) < 4.78 is 0. The molecule has 1 fully saturated rings. The molecule has 25 heavy (non-hydrogen) atoms. The van der Waals surface area contributed by atoms with Crippen molar-refractivity contribution in [3.63, 3.8) is 0 Å². The number of hydrogen-bond acceptors (Lipinski definition) is 3. The van der Waals surface area contributed by atoms with Crippen LogP contribution in [0.1, 0.15) is 37.0 Å². The Morgan fingerprint density at radius 1 is 1.32 bits per heavy atom. The molecule has 0 saturated carbocycles. The van der Waals surface area contributed by atoms with Gasteiger partial charge in [0, 0.05) is 35.3 Å². The molecule has 3 rings (SSSR count). The Morgan fingerprint density at radius 3 is 2.84 bits per heavy atom. The van der Waals surface area contributed by atoms with Crippen molar-refractivity contribution in [2.24, 2.45) is 11.8 Å². The van der Waals surface area contributed by atoms with Gasteiger partial charge >= 0.3 is 0 Å². The molecule has 5 nitrogen and oxygen atoms in total. The van der Waals surface area contributed by atoms with Gasteiger partial charge in [0.25, 0.3) is 5.91 Å². The molecule has 0 radical (unpaired) electrons. The molecule has 0 aliphatic carbocycles. The fourth-order valence-corrected chi connectivity index (χ4v) is 4.78. The zero-order valence-corrected chi connectivity index (χ0v) is 15.9. The van der Waals surface area contributed by atoms with Crippen molar-refractivity contribution >= 4 is 29.3 Å². The lowest BCUT2D eigenvalue weighted by Gasteiger charge is -2.32. The minimum Gasteiger partial charge on any atom is -0.352 e. The Balaban J connectivity index is 1.45. The lowest BCUT2D eigenvalue weighted by molar-refractivity contribution is -0.912. The number of hydrogen-bond donors (Lipinski definition) is 3. The van der Waals surface area contributed by atoms with Crippen molar-refractivity contribution in [3.05, 3.63) is 23.8 Å². The van der Waals surface area contributed by atoms with Crippen LogP contribution < -0.4 is 15.5 Å². The van der Waals surface area contributed by atoms with E-state index >= 15 is 0 Å². The molecule has 0 bridgehead atoms. The van der Waals surface area contributed by atoms with E-state index in [1.165, 1.54) is 31.3 Å². The van der Waals surface area contributed by atoms with E-state index in [9.17, 15) is 9.59 Å². The number of carbonyl (C=O) groups is 2. The van der Waals surface area contributed by atoms with E-state index in [0.29, 0.717) is 17.9 Å². The number of piperidine rings is 1. The van der Waals surface area contributed by atoms with Gasteiger partial charge in [-0.15, -0.1) is 11.8 Å². The van der Waals surface area contributed by atoms with E-state index in [4.69, 9.17) is 0 Å². The largest absolute Gasteiger partial charge is 0.352 e. The minimum absolute atomic E-state index is 0.0111. The summed E-state index contributed by atoms with van der Waals surface area (Å²) in [6.07, 6.45) is 2.34. The highest BCUT2D eigenvalue weighted by Crippen LogP contribution is 2.31. The van der Waals surface area contributed by atoms with Crippen molar-refractivity contribution in [1.82, 2.24) is 5.32 Å². The van der Waals surface area contributed by atoms with Gasteiger partial charge in [0.2, 0.25) is 5.91 Å². The first kappa shape index (κ1) is 18.3. The molecule has 6 heteroatoms. The molecule has 0 spiro atoms. The number of rotatable bonds is 5. The third kappa shape index (κ3) is 4.98. The van der Waals surface area contributed by atoms with Crippen molar-refractivity contribution in [2.45, 2.75) is 31.6 Å². The maximum atomic E-state index is 12.3. The minimum atomic E-state index is -0.0667. The highest BCUT2D eigenvalue weighted by atomic mass is 32.2. The van der Waals surface area contributed by atoms with E-state index in [0.717, 1.165) is 35.4 Å². The van der Waals surface area contributed by atoms with Gasteiger partial charge < -0.3 is 15.5 Å². The SMILES string of the molecule is CC1CC(C)C[NH+](CCCNC(=O)c2ccc3c(c2)NC(=O)CS3)C1. The summed E-state index contributed by atoms with van der Waals surface area (Å²) in [4.78, 5) is 26.5. The van der Waals surface area contributed by atoms with Crippen molar-refractivity contribution in [2.75, 3.05) is 37.2 Å². The first-order chi connectivity index (χ1) is 12.0. The van der Waals surface area contributed by atoms with Crippen LogP contribution in [0.2, 0.25) is 0 Å². The first-order valence-electron chi connectivity index (χ1n) is 9.19. The average molecular weight is 363 g/mol. The zero-order valence-electron chi connectivity index (χ0n) is 15.1. The fraction of sp³-hybridized carbons (Fsp3) is 0.579. The van der Waals surface area contributed by atoms with Crippen LogP contribution in [0.5, 0.6) is 0 Å². The van der Waals surface area contributed by atoms with Crippen molar-refractivity contribution in [1.29, 1.82) is 0 Å². The number of amides is 2. The fourth-order valence-electron chi connectivity index (χ4n) is 3.99. The summed E-state index contributed by atoms with van der Waals surface area (Å²) in [7, 11) is 0. The molecule has 0 aromatic heterocycles. The Kier molecular flexibility index (Phi) is 6.02. The van der Waals surface area contributed by atoms with Crippen molar-refractivity contribution < 1.29 is 14.5 Å². The monoisotopic (exact) mass is 362 g/mol. The summed E-state index contributed by atoms with van der Waals surface area (Å²) in [5.74, 6) is 1.97. The summed E-state index contributed by atoms with van der Waals surface area (Å²) in [5, 5.41) is 5.84. The Labute approximate surface area is 153 Å². The summed E-state index contributed by atoms with van der Waals surface area (Å²) >= 11 is 1.51. The molecule has 2 unspecified atom stereocenters. The van der Waals surface area contributed by atoms with Crippen LogP contribution in [0.3, 0.4) is 0 Å². The van der Waals surface area contributed by atoms with Crippen LogP contribution in [0.15, 0.2) is 23.1 Å². The zero-order chi connectivity index (χ0) is 17.8. The van der Waals surface area contributed by atoms with Crippen LogP contribution in [-0.4, -0.2) is 43.7 Å². The number of fused-ring (bicyclic) bond motifs is 1. The molecule has 2 atom stereocenters. The molecule has 2 aliphatic heterocycles. The van der Waals surface area contributed by atoms with Crippen LogP contribution in [-0.2, 0) is 4.79 Å². The third-order valence-corrected chi connectivity index (χ3v) is 6.02. The number of thioether (sulfide) groups is 1. The summed E-state index contributed by atoms with van der Waals surface area (Å²) in [6, 6.07) is 5.51. The first-order valence-corrected chi connectivity index (χ1v) is 10.2. The van der Waals surface area contributed by atoms with Crippen LogP contribution >= 0.6 is 11.8 Å². The molecule has 1 aromatic rings. The lowest BCUT2D eigenvalue weighted by Crippen LogP contribution is -3.14. The normalized spacial score (nSPS) is 25.8. The van der Waals surface area contributed by atoms with Gasteiger partial charge in [-0.3, -0.25) is 9.59 Å². The molecule has 136 valence electrons. The van der Waals surface area contributed by atoms with Gasteiger partial charge in [-0.2, -0.15) is 0 Å². The molecule has 1 aromatic carbocycles. The number of benzene rings is 1. The summed E-state index contributed by atoms with van der Waals surface area (Å²) in [5.41, 5.74) is 1.35. The highest BCUT2D eigenvalue weighted by Gasteiger charge is 2.24. The molecular weight excluding hydrogens is 334 g/mol.